The molecule has 0 fully saturated rings. The largest absolute Gasteiger partial charge is 0.314 e. The van der Waals surface area contributed by atoms with Gasteiger partial charge in [0, 0.05) is 26.1 Å². The fourth-order valence-electron chi connectivity index (χ4n) is 2.28. The average Bonchev–Trinajstić information content (AvgIpc) is 2.82. The SMILES string of the molecule is Cc1cccc(CCC(C)NCCc2ncn(C)n2)c1. The Balaban J connectivity index is 1.66. The van der Waals surface area contributed by atoms with Crippen LogP contribution in [0.5, 0.6) is 0 Å². The Morgan fingerprint density at radius 1 is 1.30 bits per heavy atom. The van der Waals surface area contributed by atoms with Gasteiger partial charge < -0.3 is 5.32 Å². The standard InChI is InChI=1S/C16H24N4/c1-13-5-4-6-15(11-13)8-7-14(2)17-10-9-16-18-12-20(3)19-16/h4-6,11-12,14,17H,7-10H2,1-3H3. The van der Waals surface area contributed by atoms with Crippen LogP contribution in [-0.2, 0) is 19.9 Å². The first-order valence-electron chi connectivity index (χ1n) is 7.27. The van der Waals surface area contributed by atoms with Crippen LogP contribution in [0.1, 0.15) is 30.3 Å². The van der Waals surface area contributed by atoms with E-state index in [-0.39, 0.29) is 0 Å². The summed E-state index contributed by atoms with van der Waals surface area (Å²) in [6.45, 7) is 5.31. The zero-order chi connectivity index (χ0) is 14.4. The number of aryl methyl sites for hydroxylation is 3. The van der Waals surface area contributed by atoms with Gasteiger partial charge in [-0.25, -0.2) is 4.98 Å². The van der Waals surface area contributed by atoms with Gasteiger partial charge in [-0.3, -0.25) is 4.68 Å². The third-order valence-electron chi connectivity index (χ3n) is 3.44. The lowest BCUT2D eigenvalue weighted by Gasteiger charge is -2.13. The van der Waals surface area contributed by atoms with Gasteiger partial charge in [-0.2, -0.15) is 5.10 Å². The molecule has 1 N–H and O–H groups in total. The molecule has 0 amide bonds. The number of nitrogens with one attached hydrogen (secondary N) is 1. The number of benzene rings is 1. The molecule has 108 valence electrons. The molecule has 20 heavy (non-hydrogen) atoms. The molecule has 0 saturated heterocycles. The Labute approximate surface area is 121 Å². The Hall–Kier alpha value is -1.68. The molecule has 1 unspecified atom stereocenters. The number of aromatic nitrogens is 3. The van der Waals surface area contributed by atoms with Crippen LogP contribution in [0.2, 0.25) is 0 Å². The Morgan fingerprint density at radius 3 is 2.85 bits per heavy atom. The first-order valence-corrected chi connectivity index (χ1v) is 7.27. The van der Waals surface area contributed by atoms with Gasteiger partial charge >= 0.3 is 0 Å². The number of hydrogen-bond acceptors (Lipinski definition) is 3. The van der Waals surface area contributed by atoms with Crippen molar-refractivity contribution >= 4 is 0 Å². The maximum absolute atomic E-state index is 4.28. The number of hydrogen-bond donors (Lipinski definition) is 1. The van der Waals surface area contributed by atoms with Crippen LogP contribution < -0.4 is 5.32 Å². The highest BCUT2D eigenvalue weighted by molar-refractivity contribution is 5.22. The fourth-order valence-corrected chi connectivity index (χ4v) is 2.28. The van der Waals surface area contributed by atoms with Gasteiger partial charge in [0.15, 0.2) is 5.82 Å². The summed E-state index contributed by atoms with van der Waals surface area (Å²) in [6.07, 6.45) is 4.91. The van der Waals surface area contributed by atoms with E-state index >= 15 is 0 Å². The number of rotatable bonds is 7. The van der Waals surface area contributed by atoms with Gasteiger partial charge in [0.05, 0.1) is 0 Å². The molecule has 4 nitrogen and oxygen atoms in total. The van der Waals surface area contributed by atoms with Crippen LogP contribution in [0.3, 0.4) is 0 Å². The first kappa shape index (κ1) is 14.7. The smallest absolute Gasteiger partial charge is 0.151 e. The van der Waals surface area contributed by atoms with Gasteiger partial charge in [-0.05, 0) is 32.3 Å². The van der Waals surface area contributed by atoms with E-state index in [1.165, 1.54) is 11.1 Å². The van der Waals surface area contributed by atoms with E-state index in [4.69, 9.17) is 0 Å². The van der Waals surface area contributed by atoms with E-state index < -0.39 is 0 Å². The van der Waals surface area contributed by atoms with Crippen molar-refractivity contribution in [3.63, 3.8) is 0 Å². The van der Waals surface area contributed by atoms with E-state index in [2.05, 4.69) is 53.5 Å². The second-order valence-electron chi connectivity index (χ2n) is 5.47. The molecule has 0 aliphatic heterocycles. The molecule has 0 spiro atoms. The second-order valence-corrected chi connectivity index (χ2v) is 5.47. The summed E-state index contributed by atoms with van der Waals surface area (Å²) in [5, 5.41) is 7.81. The van der Waals surface area contributed by atoms with Crippen LogP contribution >= 0.6 is 0 Å². The van der Waals surface area contributed by atoms with Crippen LogP contribution in [-0.4, -0.2) is 27.4 Å². The van der Waals surface area contributed by atoms with Crippen molar-refractivity contribution in [2.75, 3.05) is 6.54 Å². The van der Waals surface area contributed by atoms with Gasteiger partial charge in [0.2, 0.25) is 0 Å². The molecule has 1 aromatic carbocycles. The Kier molecular flexibility index (Phi) is 5.30. The van der Waals surface area contributed by atoms with Crippen molar-refractivity contribution in [3.8, 4) is 0 Å². The summed E-state index contributed by atoms with van der Waals surface area (Å²) in [6, 6.07) is 9.27. The summed E-state index contributed by atoms with van der Waals surface area (Å²) in [5.74, 6) is 0.908. The van der Waals surface area contributed by atoms with Crippen molar-refractivity contribution in [3.05, 3.63) is 47.5 Å². The molecule has 0 bridgehead atoms. The monoisotopic (exact) mass is 272 g/mol. The van der Waals surface area contributed by atoms with E-state index in [0.717, 1.165) is 31.6 Å². The van der Waals surface area contributed by atoms with Crippen LogP contribution in [0.25, 0.3) is 0 Å². The highest BCUT2D eigenvalue weighted by Crippen LogP contribution is 2.08. The maximum atomic E-state index is 4.28. The molecule has 0 saturated carbocycles. The van der Waals surface area contributed by atoms with Crippen LogP contribution in [0.15, 0.2) is 30.6 Å². The fraction of sp³-hybridized carbons (Fsp3) is 0.500. The molecular formula is C16H24N4. The lowest BCUT2D eigenvalue weighted by Crippen LogP contribution is -2.28. The Morgan fingerprint density at radius 2 is 2.15 bits per heavy atom. The van der Waals surface area contributed by atoms with Crippen LogP contribution in [0.4, 0.5) is 0 Å². The minimum Gasteiger partial charge on any atom is -0.314 e. The molecule has 2 aromatic rings. The van der Waals surface area contributed by atoms with Crippen molar-refractivity contribution in [1.82, 2.24) is 20.1 Å². The third kappa shape index (κ3) is 4.78. The van der Waals surface area contributed by atoms with Gasteiger partial charge in [-0.15, -0.1) is 0 Å². The predicted octanol–water partition coefficient (Wildman–Crippen LogP) is 2.28. The van der Waals surface area contributed by atoms with E-state index in [0.29, 0.717) is 6.04 Å². The molecule has 2 rings (SSSR count). The van der Waals surface area contributed by atoms with Crippen molar-refractivity contribution in [2.24, 2.45) is 7.05 Å². The summed E-state index contributed by atoms with van der Waals surface area (Å²) in [4.78, 5) is 4.23. The molecule has 1 atom stereocenters. The lowest BCUT2D eigenvalue weighted by molar-refractivity contribution is 0.513. The van der Waals surface area contributed by atoms with Crippen LogP contribution in [0, 0.1) is 6.92 Å². The van der Waals surface area contributed by atoms with E-state index in [1.807, 2.05) is 7.05 Å². The topological polar surface area (TPSA) is 42.7 Å². The zero-order valence-electron chi connectivity index (χ0n) is 12.6. The van der Waals surface area contributed by atoms with Gasteiger partial charge in [0.1, 0.15) is 6.33 Å². The van der Waals surface area contributed by atoms with Gasteiger partial charge in [-0.1, -0.05) is 29.8 Å². The molecule has 1 heterocycles. The van der Waals surface area contributed by atoms with Crippen molar-refractivity contribution < 1.29 is 0 Å². The second kappa shape index (κ2) is 7.20. The molecule has 0 radical (unpaired) electrons. The number of nitrogens with zero attached hydrogens (tertiary/aromatic N) is 3. The average molecular weight is 272 g/mol. The first-order chi connectivity index (χ1) is 9.63. The summed E-state index contributed by atoms with van der Waals surface area (Å²) >= 11 is 0. The minimum absolute atomic E-state index is 0.513. The lowest BCUT2D eigenvalue weighted by atomic mass is 10.0. The van der Waals surface area contributed by atoms with Crippen molar-refractivity contribution in [2.45, 2.75) is 39.2 Å². The normalized spacial score (nSPS) is 12.6. The maximum Gasteiger partial charge on any atom is 0.151 e. The van der Waals surface area contributed by atoms with E-state index in [9.17, 15) is 0 Å². The molecular weight excluding hydrogens is 248 g/mol. The highest BCUT2D eigenvalue weighted by Gasteiger charge is 2.04. The highest BCUT2D eigenvalue weighted by atomic mass is 15.3. The minimum atomic E-state index is 0.513. The molecule has 0 aliphatic carbocycles. The zero-order valence-corrected chi connectivity index (χ0v) is 12.6. The third-order valence-corrected chi connectivity index (χ3v) is 3.44. The summed E-state index contributed by atoms with van der Waals surface area (Å²) in [7, 11) is 1.90. The Bertz CT molecular complexity index is 533. The summed E-state index contributed by atoms with van der Waals surface area (Å²) in [5.41, 5.74) is 2.76. The predicted molar refractivity (Wildman–Crippen MR) is 81.7 cm³/mol. The molecule has 4 heteroatoms. The van der Waals surface area contributed by atoms with Crippen molar-refractivity contribution in [1.29, 1.82) is 0 Å². The quantitative estimate of drug-likeness (QED) is 0.841. The molecule has 0 aliphatic rings. The van der Waals surface area contributed by atoms with Gasteiger partial charge in [0.25, 0.3) is 0 Å². The molecule has 1 aromatic heterocycles. The van der Waals surface area contributed by atoms with E-state index in [1.54, 1.807) is 11.0 Å². The summed E-state index contributed by atoms with van der Waals surface area (Å²) < 4.78 is 1.75.